The van der Waals surface area contributed by atoms with Gasteiger partial charge in [0.2, 0.25) is 5.75 Å². The SMILES string of the molecule is COc1cc(NC(=O)c2ccnc(NCCC(C)C)c2)cc(OC)c1OC. The molecule has 0 aliphatic carbocycles. The number of carbonyl (C=O) groups is 1. The Hall–Kier alpha value is -2.96. The number of nitrogens with one attached hydrogen (secondary N) is 2. The normalized spacial score (nSPS) is 10.4. The highest BCUT2D eigenvalue weighted by atomic mass is 16.5. The van der Waals surface area contributed by atoms with E-state index >= 15 is 0 Å². The molecule has 0 unspecified atom stereocenters. The molecule has 0 spiro atoms. The van der Waals surface area contributed by atoms with Crippen LogP contribution in [0.5, 0.6) is 17.2 Å². The molecule has 2 rings (SSSR count). The van der Waals surface area contributed by atoms with Gasteiger partial charge in [-0.1, -0.05) is 13.8 Å². The smallest absolute Gasteiger partial charge is 0.255 e. The van der Waals surface area contributed by atoms with Crippen molar-refractivity contribution in [3.05, 3.63) is 36.0 Å². The molecule has 0 fully saturated rings. The van der Waals surface area contributed by atoms with Gasteiger partial charge in [-0.3, -0.25) is 4.79 Å². The zero-order valence-electron chi connectivity index (χ0n) is 16.5. The van der Waals surface area contributed by atoms with E-state index in [2.05, 4.69) is 29.5 Å². The fraction of sp³-hybridized carbons (Fsp3) is 0.400. The maximum Gasteiger partial charge on any atom is 0.255 e. The number of carbonyl (C=O) groups excluding carboxylic acids is 1. The molecule has 0 saturated carbocycles. The molecule has 1 heterocycles. The predicted molar refractivity (Wildman–Crippen MR) is 106 cm³/mol. The number of rotatable bonds is 9. The van der Waals surface area contributed by atoms with E-state index in [9.17, 15) is 4.79 Å². The highest BCUT2D eigenvalue weighted by Crippen LogP contribution is 2.40. The first-order valence-electron chi connectivity index (χ1n) is 8.79. The number of hydrogen-bond donors (Lipinski definition) is 2. The van der Waals surface area contributed by atoms with Gasteiger partial charge in [-0.2, -0.15) is 0 Å². The first-order valence-corrected chi connectivity index (χ1v) is 8.79. The van der Waals surface area contributed by atoms with E-state index in [4.69, 9.17) is 14.2 Å². The van der Waals surface area contributed by atoms with Crippen molar-refractivity contribution in [2.75, 3.05) is 38.5 Å². The van der Waals surface area contributed by atoms with Crippen molar-refractivity contribution in [2.24, 2.45) is 5.92 Å². The Labute approximate surface area is 160 Å². The number of aromatic nitrogens is 1. The minimum Gasteiger partial charge on any atom is -0.493 e. The van der Waals surface area contributed by atoms with Crippen LogP contribution in [0.3, 0.4) is 0 Å². The van der Waals surface area contributed by atoms with E-state index in [-0.39, 0.29) is 5.91 Å². The summed E-state index contributed by atoms with van der Waals surface area (Å²) in [6.07, 6.45) is 2.64. The summed E-state index contributed by atoms with van der Waals surface area (Å²) in [5, 5.41) is 6.09. The molecule has 2 aromatic rings. The minimum absolute atomic E-state index is 0.251. The molecule has 1 aromatic heterocycles. The second kappa shape index (κ2) is 9.66. The summed E-state index contributed by atoms with van der Waals surface area (Å²) in [5.74, 6) is 2.44. The molecule has 0 bridgehead atoms. The van der Waals surface area contributed by atoms with Crippen LogP contribution in [0.1, 0.15) is 30.6 Å². The molecule has 2 N–H and O–H groups in total. The van der Waals surface area contributed by atoms with Gasteiger partial charge < -0.3 is 24.8 Å². The second-order valence-corrected chi connectivity index (χ2v) is 6.41. The number of amides is 1. The highest BCUT2D eigenvalue weighted by Gasteiger charge is 2.15. The number of hydrogen-bond acceptors (Lipinski definition) is 6. The highest BCUT2D eigenvalue weighted by molar-refractivity contribution is 6.04. The predicted octanol–water partition coefficient (Wildman–Crippen LogP) is 3.82. The van der Waals surface area contributed by atoms with Gasteiger partial charge in [-0.15, -0.1) is 0 Å². The molecule has 0 aliphatic heterocycles. The van der Waals surface area contributed by atoms with Gasteiger partial charge in [0.05, 0.1) is 21.3 Å². The van der Waals surface area contributed by atoms with Gasteiger partial charge in [-0.25, -0.2) is 4.98 Å². The monoisotopic (exact) mass is 373 g/mol. The lowest BCUT2D eigenvalue weighted by Gasteiger charge is -2.15. The van der Waals surface area contributed by atoms with Crippen LogP contribution in [-0.2, 0) is 0 Å². The van der Waals surface area contributed by atoms with E-state index in [1.807, 2.05) is 0 Å². The number of ether oxygens (including phenoxy) is 3. The van der Waals surface area contributed by atoms with Gasteiger partial charge in [0.25, 0.3) is 5.91 Å². The number of anilines is 2. The maximum absolute atomic E-state index is 12.6. The van der Waals surface area contributed by atoms with Crippen molar-refractivity contribution in [3.8, 4) is 17.2 Å². The number of nitrogens with zero attached hydrogens (tertiary/aromatic N) is 1. The molecule has 1 amide bonds. The van der Waals surface area contributed by atoms with E-state index in [0.29, 0.717) is 40.2 Å². The van der Waals surface area contributed by atoms with E-state index in [1.54, 1.807) is 30.5 Å². The zero-order chi connectivity index (χ0) is 19.8. The first-order chi connectivity index (χ1) is 13.0. The Kier molecular flexibility index (Phi) is 7.28. The largest absolute Gasteiger partial charge is 0.493 e. The van der Waals surface area contributed by atoms with E-state index in [0.717, 1.165) is 13.0 Å². The third-order valence-electron chi connectivity index (χ3n) is 3.97. The van der Waals surface area contributed by atoms with Crippen molar-refractivity contribution in [1.29, 1.82) is 0 Å². The fourth-order valence-corrected chi connectivity index (χ4v) is 2.51. The van der Waals surface area contributed by atoms with Crippen molar-refractivity contribution in [1.82, 2.24) is 4.98 Å². The van der Waals surface area contributed by atoms with Crippen molar-refractivity contribution in [3.63, 3.8) is 0 Å². The van der Waals surface area contributed by atoms with Gasteiger partial charge in [-0.05, 0) is 24.5 Å². The Morgan fingerprint density at radius 2 is 1.74 bits per heavy atom. The molecule has 7 heteroatoms. The van der Waals surface area contributed by atoms with Crippen LogP contribution in [0.15, 0.2) is 30.5 Å². The first kappa shape index (κ1) is 20.4. The summed E-state index contributed by atoms with van der Waals surface area (Å²) in [5.41, 5.74) is 1.05. The topological polar surface area (TPSA) is 81.7 Å². The summed E-state index contributed by atoms with van der Waals surface area (Å²) >= 11 is 0. The van der Waals surface area contributed by atoms with E-state index < -0.39 is 0 Å². The molecule has 27 heavy (non-hydrogen) atoms. The molecule has 0 atom stereocenters. The molecule has 0 saturated heterocycles. The summed E-state index contributed by atoms with van der Waals surface area (Å²) in [6.45, 7) is 5.13. The van der Waals surface area contributed by atoms with Gasteiger partial charge in [0.15, 0.2) is 11.5 Å². The number of pyridine rings is 1. The van der Waals surface area contributed by atoms with Crippen LogP contribution in [0.4, 0.5) is 11.5 Å². The summed E-state index contributed by atoms with van der Waals surface area (Å²) < 4.78 is 15.9. The number of benzene rings is 1. The molecular weight excluding hydrogens is 346 g/mol. The summed E-state index contributed by atoms with van der Waals surface area (Å²) in [4.78, 5) is 16.9. The lowest BCUT2D eigenvalue weighted by Crippen LogP contribution is -2.13. The van der Waals surface area contributed by atoms with Gasteiger partial charge in [0.1, 0.15) is 5.82 Å². The Balaban J connectivity index is 2.15. The Morgan fingerprint density at radius 3 is 2.30 bits per heavy atom. The minimum atomic E-state index is -0.251. The maximum atomic E-state index is 12.6. The van der Waals surface area contributed by atoms with Crippen LogP contribution in [0.2, 0.25) is 0 Å². The Bertz CT molecular complexity index is 753. The van der Waals surface area contributed by atoms with Gasteiger partial charge >= 0.3 is 0 Å². The second-order valence-electron chi connectivity index (χ2n) is 6.41. The standard InChI is InChI=1S/C20H27N3O4/c1-13(2)6-8-21-18-10-14(7-9-22-18)20(24)23-15-11-16(25-3)19(27-5)17(12-15)26-4/h7,9-13H,6,8H2,1-5H3,(H,21,22)(H,23,24). The van der Waals surface area contributed by atoms with Crippen LogP contribution >= 0.6 is 0 Å². The summed E-state index contributed by atoms with van der Waals surface area (Å²) in [6, 6.07) is 6.76. The van der Waals surface area contributed by atoms with Gasteiger partial charge in [0, 0.05) is 36.1 Å². The molecule has 1 aromatic carbocycles. The third kappa shape index (κ3) is 5.51. The Morgan fingerprint density at radius 1 is 1.07 bits per heavy atom. The van der Waals surface area contributed by atoms with Crippen LogP contribution in [-0.4, -0.2) is 38.8 Å². The third-order valence-corrected chi connectivity index (χ3v) is 3.97. The molecule has 7 nitrogen and oxygen atoms in total. The molecule has 0 radical (unpaired) electrons. The van der Waals surface area contributed by atoms with Crippen LogP contribution in [0.25, 0.3) is 0 Å². The molecule has 146 valence electrons. The molecule has 0 aliphatic rings. The van der Waals surface area contributed by atoms with Crippen LogP contribution in [0, 0.1) is 5.92 Å². The zero-order valence-corrected chi connectivity index (χ0v) is 16.5. The van der Waals surface area contributed by atoms with Crippen molar-refractivity contribution in [2.45, 2.75) is 20.3 Å². The lowest BCUT2D eigenvalue weighted by atomic mass is 10.1. The average Bonchev–Trinajstić information content (AvgIpc) is 2.67. The average molecular weight is 373 g/mol. The fourth-order valence-electron chi connectivity index (χ4n) is 2.51. The quantitative estimate of drug-likeness (QED) is 0.695. The number of methoxy groups -OCH3 is 3. The van der Waals surface area contributed by atoms with Crippen LogP contribution < -0.4 is 24.8 Å². The lowest BCUT2D eigenvalue weighted by molar-refractivity contribution is 0.102. The van der Waals surface area contributed by atoms with Crippen molar-refractivity contribution < 1.29 is 19.0 Å². The summed E-state index contributed by atoms with van der Waals surface area (Å²) in [7, 11) is 4.59. The molecular formula is C20H27N3O4. The van der Waals surface area contributed by atoms with E-state index in [1.165, 1.54) is 21.3 Å². The van der Waals surface area contributed by atoms with Crippen molar-refractivity contribution >= 4 is 17.4 Å².